The summed E-state index contributed by atoms with van der Waals surface area (Å²) in [5, 5.41) is 12.4. The molecule has 1 fully saturated rings. The minimum absolute atomic E-state index is 0.161. The highest BCUT2D eigenvalue weighted by Crippen LogP contribution is 2.36. The van der Waals surface area contributed by atoms with Crippen molar-refractivity contribution < 1.29 is 4.79 Å². The molecule has 2 heterocycles. The second-order valence-corrected chi connectivity index (χ2v) is 8.21. The predicted octanol–water partition coefficient (Wildman–Crippen LogP) is 5.03. The van der Waals surface area contributed by atoms with E-state index < -0.39 is 0 Å². The summed E-state index contributed by atoms with van der Waals surface area (Å²) in [5.41, 5.74) is 3.15. The first kappa shape index (κ1) is 23.4. The van der Waals surface area contributed by atoms with E-state index in [1.54, 1.807) is 6.08 Å². The standard InChI is InChI=1S/C25H34N4O/c1-7-20(16-26)19(6)22(8-2)21-10-11-23(27-17-21)29-14-12-25(9-3,13-15-29)24(30)28-18(4)5/h7-8,10-11,17-18H,1,9,12-15H2,2-6H3,(H,28,30)/b20-19-,22-8+. The third kappa shape index (κ3) is 4.99. The van der Waals surface area contributed by atoms with E-state index in [0.29, 0.717) is 5.57 Å². The number of aromatic nitrogens is 1. The van der Waals surface area contributed by atoms with Crippen LogP contribution >= 0.6 is 0 Å². The summed E-state index contributed by atoms with van der Waals surface area (Å²) in [7, 11) is 0. The lowest BCUT2D eigenvalue weighted by Gasteiger charge is -2.41. The van der Waals surface area contributed by atoms with Crippen LogP contribution in [-0.4, -0.2) is 30.0 Å². The van der Waals surface area contributed by atoms with Crippen LogP contribution in [0.1, 0.15) is 59.4 Å². The number of rotatable bonds is 7. The van der Waals surface area contributed by atoms with E-state index in [1.165, 1.54) is 0 Å². The van der Waals surface area contributed by atoms with Crippen molar-refractivity contribution in [2.45, 2.75) is 59.9 Å². The minimum atomic E-state index is -0.279. The smallest absolute Gasteiger partial charge is 0.226 e. The van der Waals surface area contributed by atoms with E-state index in [4.69, 9.17) is 0 Å². The van der Waals surface area contributed by atoms with E-state index >= 15 is 0 Å². The van der Waals surface area contributed by atoms with Gasteiger partial charge in [0.05, 0.1) is 17.1 Å². The molecule has 30 heavy (non-hydrogen) atoms. The maximum absolute atomic E-state index is 12.7. The van der Waals surface area contributed by atoms with E-state index in [1.807, 2.05) is 52.1 Å². The minimum Gasteiger partial charge on any atom is -0.357 e. The molecular weight excluding hydrogens is 372 g/mol. The Kier molecular flexibility index (Phi) is 8.00. The highest BCUT2D eigenvalue weighted by Gasteiger charge is 2.40. The largest absolute Gasteiger partial charge is 0.357 e. The SMILES string of the molecule is C=C/C(C#N)=C(C)/C(=C\C)c1ccc(N2CCC(CC)(C(=O)NC(C)C)CC2)nc1. The second-order valence-electron chi connectivity index (χ2n) is 8.21. The fourth-order valence-electron chi connectivity index (χ4n) is 4.08. The Morgan fingerprint density at radius 1 is 1.40 bits per heavy atom. The van der Waals surface area contributed by atoms with Gasteiger partial charge in [0.2, 0.25) is 5.91 Å². The van der Waals surface area contributed by atoms with Gasteiger partial charge in [0.1, 0.15) is 5.82 Å². The van der Waals surface area contributed by atoms with Crippen LogP contribution in [0, 0.1) is 16.7 Å². The second kappa shape index (κ2) is 10.2. The van der Waals surface area contributed by atoms with Gasteiger partial charge >= 0.3 is 0 Å². The van der Waals surface area contributed by atoms with Crippen molar-refractivity contribution in [1.29, 1.82) is 5.26 Å². The molecule has 5 heteroatoms. The first-order valence-corrected chi connectivity index (χ1v) is 10.7. The van der Waals surface area contributed by atoms with Gasteiger partial charge in [-0.05, 0) is 70.2 Å². The van der Waals surface area contributed by atoms with Crippen molar-refractivity contribution in [3.05, 3.63) is 53.8 Å². The quantitative estimate of drug-likeness (QED) is 0.509. The number of nitrogens with zero attached hydrogens (tertiary/aromatic N) is 3. The molecule has 1 N–H and O–H groups in total. The van der Waals surface area contributed by atoms with Crippen LogP contribution in [0.5, 0.6) is 0 Å². The van der Waals surface area contributed by atoms with Gasteiger partial charge in [0, 0.05) is 30.9 Å². The Morgan fingerprint density at radius 3 is 2.50 bits per heavy atom. The van der Waals surface area contributed by atoms with Gasteiger partial charge in [-0.25, -0.2) is 4.98 Å². The molecule has 0 spiro atoms. The first-order chi connectivity index (χ1) is 14.3. The van der Waals surface area contributed by atoms with Crippen LogP contribution in [0.15, 0.2) is 48.2 Å². The Morgan fingerprint density at radius 2 is 2.07 bits per heavy atom. The summed E-state index contributed by atoms with van der Waals surface area (Å²) >= 11 is 0. The summed E-state index contributed by atoms with van der Waals surface area (Å²) in [6.07, 6.45) is 7.96. The van der Waals surface area contributed by atoms with Crippen molar-refractivity contribution in [1.82, 2.24) is 10.3 Å². The van der Waals surface area contributed by atoms with Crippen LogP contribution in [-0.2, 0) is 4.79 Å². The highest BCUT2D eigenvalue weighted by molar-refractivity contribution is 5.83. The summed E-state index contributed by atoms with van der Waals surface area (Å²) in [6, 6.07) is 6.43. The number of hydrogen-bond donors (Lipinski definition) is 1. The third-order valence-corrected chi connectivity index (χ3v) is 6.10. The normalized spacial score (nSPS) is 17.2. The molecule has 0 radical (unpaired) electrons. The predicted molar refractivity (Wildman–Crippen MR) is 124 cm³/mol. The number of hydrogen-bond acceptors (Lipinski definition) is 4. The van der Waals surface area contributed by atoms with Gasteiger partial charge in [-0.15, -0.1) is 0 Å². The number of allylic oxidation sites excluding steroid dienone is 5. The Balaban J connectivity index is 2.15. The zero-order valence-corrected chi connectivity index (χ0v) is 19.0. The molecule has 5 nitrogen and oxygen atoms in total. The lowest BCUT2D eigenvalue weighted by Crippen LogP contribution is -2.50. The van der Waals surface area contributed by atoms with Gasteiger partial charge in [0.25, 0.3) is 0 Å². The third-order valence-electron chi connectivity index (χ3n) is 6.10. The highest BCUT2D eigenvalue weighted by atomic mass is 16.2. The van der Waals surface area contributed by atoms with Gasteiger partial charge in [-0.2, -0.15) is 5.26 Å². The Bertz CT molecular complexity index is 863. The van der Waals surface area contributed by atoms with Gasteiger partial charge in [-0.3, -0.25) is 4.79 Å². The summed E-state index contributed by atoms with van der Waals surface area (Å²) < 4.78 is 0. The molecule has 1 aliphatic rings. The first-order valence-electron chi connectivity index (χ1n) is 10.7. The maximum atomic E-state index is 12.7. The maximum Gasteiger partial charge on any atom is 0.226 e. The zero-order valence-electron chi connectivity index (χ0n) is 19.0. The average Bonchev–Trinajstić information content (AvgIpc) is 2.75. The van der Waals surface area contributed by atoms with Crippen LogP contribution in [0.3, 0.4) is 0 Å². The molecule has 2 rings (SSSR count). The van der Waals surface area contributed by atoms with E-state index in [0.717, 1.165) is 54.9 Å². The lowest BCUT2D eigenvalue weighted by molar-refractivity contribution is -0.133. The average molecular weight is 407 g/mol. The summed E-state index contributed by atoms with van der Waals surface area (Å²) in [6.45, 7) is 15.4. The van der Waals surface area contributed by atoms with Crippen LogP contribution < -0.4 is 10.2 Å². The fourth-order valence-corrected chi connectivity index (χ4v) is 4.08. The van der Waals surface area contributed by atoms with Gasteiger partial charge in [0.15, 0.2) is 0 Å². The molecule has 1 saturated heterocycles. The number of carbonyl (C=O) groups is 1. The van der Waals surface area contributed by atoms with Crippen molar-refractivity contribution in [2.75, 3.05) is 18.0 Å². The number of nitrogens with one attached hydrogen (secondary N) is 1. The lowest BCUT2D eigenvalue weighted by atomic mass is 9.75. The molecule has 0 unspecified atom stereocenters. The van der Waals surface area contributed by atoms with Gasteiger partial charge < -0.3 is 10.2 Å². The molecule has 0 bridgehead atoms. The van der Waals surface area contributed by atoms with E-state index in [2.05, 4.69) is 34.8 Å². The van der Waals surface area contributed by atoms with Gasteiger partial charge in [-0.1, -0.05) is 25.7 Å². The monoisotopic (exact) mass is 406 g/mol. The Hall–Kier alpha value is -2.87. The number of nitriles is 1. The number of piperidine rings is 1. The van der Waals surface area contributed by atoms with Crippen LogP contribution in [0.4, 0.5) is 5.82 Å². The zero-order chi connectivity index (χ0) is 22.3. The van der Waals surface area contributed by atoms with E-state index in [-0.39, 0.29) is 17.4 Å². The van der Waals surface area contributed by atoms with Crippen molar-refractivity contribution in [2.24, 2.45) is 5.41 Å². The Labute approximate surface area is 181 Å². The topological polar surface area (TPSA) is 69.0 Å². The summed E-state index contributed by atoms with van der Waals surface area (Å²) in [4.78, 5) is 19.7. The molecule has 160 valence electrons. The molecule has 1 aromatic heterocycles. The molecule has 0 aromatic carbocycles. The van der Waals surface area contributed by atoms with Crippen molar-refractivity contribution >= 4 is 17.3 Å². The van der Waals surface area contributed by atoms with Crippen molar-refractivity contribution in [3.8, 4) is 6.07 Å². The van der Waals surface area contributed by atoms with E-state index in [9.17, 15) is 10.1 Å². The summed E-state index contributed by atoms with van der Waals surface area (Å²) in [5.74, 6) is 1.10. The molecular formula is C25H34N4O. The molecule has 1 aliphatic heterocycles. The van der Waals surface area contributed by atoms with Crippen LogP contribution in [0.2, 0.25) is 0 Å². The number of amides is 1. The van der Waals surface area contributed by atoms with Crippen LogP contribution in [0.25, 0.3) is 5.57 Å². The number of carbonyl (C=O) groups excluding carboxylic acids is 1. The fraction of sp³-hybridized carbons (Fsp3) is 0.480. The van der Waals surface area contributed by atoms with Crippen molar-refractivity contribution in [3.63, 3.8) is 0 Å². The molecule has 0 atom stereocenters. The number of anilines is 1. The molecule has 0 aliphatic carbocycles. The molecule has 1 aromatic rings. The number of pyridine rings is 1. The molecule has 0 saturated carbocycles. The molecule has 1 amide bonds.